The molecule has 66 heavy (non-hydrogen) atoms. The molecule has 384 valence electrons. The van der Waals surface area contributed by atoms with E-state index >= 15 is 0 Å². The minimum Gasteiger partial charge on any atom is -0.462 e. The molecule has 0 aliphatic heterocycles. The number of hydrogen-bond donors (Lipinski definition) is 0. The highest BCUT2D eigenvalue weighted by Crippen LogP contribution is 2.15. The average molecular weight is 924 g/mol. The summed E-state index contributed by atoms with van der Waals surface area (Å²) in [7, 11) is 0. The molecule has 1 unspecified atom stereocenters. The van der Waals surface area contributed by atoms with E-state index in [1.54, 1.807) is 0 Å². The molecule has 0 rings (SSSR count). The van der Waals surface area contributed by atoms with Gasteiger partial charge in [-0.2, -0.15) is 0 Å². The molecule has 0 aromatic rings. The van der Waals surface area contributed by atoms with Gasteiger partial charge >= 0.3 is 11.9 Å². The highest BCUT2D eigenvalue weighted by molar-refractivity contribution is 5.70. The molecule has 0 spiro atoms. The van der Waals surface area contributed by atoms with E-state index in [0.717, 1.165) is 70.6 Å². The minimum atomic E-state index is -0.548. The summed E-state index contributed by atoms with van der Waals surface area (Å²) in [6.07, 6.45) is 72.3. The van der Waals surface area contributed by atoms with Gasteiger partial charge in [0.05, 0.1) is 6.61 Å². The van der Waals surface area contributed by atoms with Crippen LogP contribution in [-0.4, -0.2) is 37.9 Å². The van der Waals surface area contributed by atoms with Crippen molar-refractivity contribution >= 4 is 11.9 Å². The number of allylic oxidation sites excluding steroid dienone is 10. The van der Waals surface area contributed by atoms with Crippen LogP contribution in [-0.2, 0) is 23.8 Å². The lowest BCUT2D eigenvalue weighted by atomic mass is 10.1. The Hall–Kier alpha value is -2.40. The van der Waals surface area contributed by atoms with Crippen LogP contribution in [0.4, 0.5) is 0 Å². The van der Waals surface area contributed by atoms with Crippen LogP contribution in [0.2, 0.25) is 0 Å². The SMILES string of the molecule is CCCCC/C=C\C/C=C\CCCCCCCCCCOCC(COC(=O)CCCCCCCCC/C=C\C/C=C\CCCCC)OC(=O)CCCCCCC/C=C\CCCCCCCC. The standard InChI is InChI=1S/C61H110O5/c1-4-7-10-13-16-19-22-25-28-30-32-35-38-41-44-47-50-53-56-64-57-59(66-61(63)55-52-49-46-43-40-37-33-27-24-21-18-15-12-9-6-3)58-65-60(62)54-51-48-45-42-39-36-34-31-29-26-23-20-17-14-11-8-5-2/h16-17,19-20,25-29,33,59H,4-15,18,21-24,30-32,34-58H2,1-3H3/b19-16-,20-17-,28-25-,29-26-,33-27-. The van der Waals surface area contributed by atoms with Crippen LogP contribution in [0.1, 0.15) is 290 Å². The summed E-state index contributed by atoms with van der Waals surface area (Å²) in [6, 6.07) is 0. The van der Waals surface area contributed by atoms with Crippen molar-refractivity contribution in [1.82, 2.24) is 0 Å². The molecule has 0 radical (unpaired) electrons. The zero-order valence-corrected chi connectivity index (χ0v) is 44.2. The first kappa shape index (κ1) is 63.6. The fraction of sp³-hybridized carbons (Fsp3) is 0.803. The quantitative estimate of drug-likeness (QED) is 0.0346. The zero-order chi connectivity index (χ0) is 47.7. The van der Waals surface area contributed by atoms with Crippen molar-refractivity contribution in [2.45, 2.75) is 297 Å². The predicted molar refractivity (Wildman–Crippen MR) is 288 cm³/mol. The molecular formula is C61H110O5. The van der Waals surface area contributed by atoms with E-state index < -0.39 is 6.10 Å². The third-order valence-corrected chi connectivity index (χ3v) is 12.5. The van der Waals surface area contributed by atoms with Gasteiger partial charge < -0.3 is 14.2 Å². The van der Waals surface area contributed by atoms with Crippen LogP contribution in [0.3, 0.4) is 0 Å². The molecule has 0 aliphatic rings. The summed E-state index contributed by atoms with van der Waals surface area (Å²) in [5.74, 6) is -0.409. The van der Waals surface area contributed by atoms with Crippen LogP contribution >= 0.6 is 0 Å². The fourth-order valence-electron chi connectivity index (χ4n) is 8.15. The molecule has 0 saturated carbocycles. The van der Waals surface area contributed by atoms with Crippen LogP contribution < -0.4 is 0 Å². The third-order valence-electron chi connectivity index (χ3n) is 12.5. The highest BCUT2D eigenvalue weighted by Gasteiger charge is 2.17. The third kappa shape index (κ3) is 54.2. The number of ether oxygens (including phenoxy) is 3. The van der Waals surface area contributed by atoms with E-state index in [4.69, 9.17) is 14.2 Å². The number of carbonyl (C=O) groups is 2. The zero-order valence-electron chi connectivity index (χ0n) is 44.2. The molecule has 0 aromatic carbocycles. The van der Waals surface area contributed by atoms with Gasteiger partial charge in [0.1, 0.15) is 6.61 Å². The van der Waals surface area contributed by atoms with Gasteiger partial charge in [-0.1, -0.05) is 229 Å². The summed E-state index contributed by atoms with van der Waals surface area (Å²) < 4.78 is 17.5. The van der Waals surface area contributed by atoms with Gasteiger partial charge in [-0.25, -0.2) is 0 Å². The lowest BCUT2D eigenvalue weighted by Crippen LogP contribution is -2.30. The maximum absolute atomic E-state index is 12.8. The lowest BCUT2D eigenvalue weighted by Gasteiger charge is -2.18. The van der Waals surface area contributed by atoms with E-state index in [2.05, 4.69) is 81.5 Å². The van der Waals surface area contributed by atoms with Crippen molar-refractivity contribution in [2.24, 2.45) is 0 Å². The second-order valence-corrected chi connectivity index (χ2v) is 19.2. The molecule has 0 amide bonds. The highest BCUT2D eigenvalue weighted by atomic mass is 16.6. The van der Waals surface area contributed by atoms with E-state index in [1.165, 1.54) is 186 Å². The molecule has 1 atom stereocenters. The Balaban J connectivity index is 4.29. The number of hydrogen-bond acceptors (Lipinski definition) is 5. The molecule has 0 bridgehead atoms. The topological polar surface area (TPSA) is 61.8 Å². The Morgan fingerprint density at radius 1 is 0.333 bits per heavy atom. The van der Waals surface area contributed by atoms with Gasteiger partial charge in [-0.05, 0) is 109 Å². The first-order valence-electron chi connectivity index (χ1n) is 28.8. The van der Waals surface area contributed by atoms with Crippen molar-refractivity contribution < 1.29 is 23.8 Å². The van der Waals surface area contributed by atoms with Crippen molar-refractivity contribution in [1.29, 1.82) is 0 Å². The molecule has 0 fully saturated rings. The molecule has 0 heterocycles. The Morgan fingerprint density at radius 2 is 0.636 bits per heavy atom. The lowest BCUT2D eigenvalue weighted by molar-refractivity contribution is -0.163. The number of unbranched alkanes of at least 4 members (excludes halogenated alkanes) is 32. The maximum atomic E-state index is 12.8. The summed E-state index contributed by atoms with van der Waals surface area (Å²) in [6.45, 7) is 7.78. The van der Waals surface area contributed by atoms with Gasteiger partial charge in [-0.3, -0.25) is 9.59 Å². The van der Waals surface area contributed by atoms with Crippen molar-refractivity contribution in [3.8, 4) is 0 Å². The smallest absolute Gasteiger partial charge is 0.306 e. The van der Waals surface area contributed by atoms with Crippen LogP contribution in [0.15, 0.2) is 60.8 Å². The fourth-order valence-corrected chi connectivity index (χ4v) is 8.15. The van der Waals surface area contributed by atoms with E-state index in [0.29, 0.717) is 19.4 Å². The Kier molecular flexibility index (Phi) is 54.9. The maximum Gasteiger partial charge on any atom is 0.306 e. The van der Waals surface area contributed by atoms with Gasteiger partial charge in [0, 0.05) is 19.4 Å². The minimum absolute atomic E-state index is 0.0760. The number of carbonyl (C=O) groups excluding carboxylic acids is 2. The van der Waals surface area contributed by atoms with Gasteiger partial charge in [-0.15, -0.1) is 0 Å². The van der Waals surface area contributed by atoms with E-state index in [1.807, 2.05) is 0 Å². The molecule has 0 aromatic heterocycles. The normalized spacial score (nSPS) is 12.6. The predicted octanol–water partition coefficient (Wildman–Crippen LogP) is 19.7. The summed E-state index contributed by atoms with van der Waals surface area (Å²) >= 11 is 0. The van der Waals surface area contributed by atoms with Crippen LogP contribution in [0.25, 0.3) is 0 Å². The van der Waals surface area contributed by atoms with Crippen molar-refractivity contribution in [3.63, 3.8) is 0 Å². The Morgan fingerprint density at radius 3 is 1.05 bits per heavy atom. The van der Waals surface area contributed by atoms with Gasteiger partial charge in [0.2, 0.25) is 0 Å². The number of rotatable bonds is 53. The average Bonchev–Trinajstić information content (AvgIpc) is 3.32. The van der Waals surface area contributed by atoms with Crippen LogP contribution in [0.5, 0.6) is 0 Å². The first-order valence-corrected chi connectivity index (χ1v) is 28.8. The summed E-state index contributed by atoms with van der Waals surface area (Å²) in [4.78, 5) is 25.5. The van der Waals surface area contributed by atoms with Gasteiger partial charge in [0.15, 0.2) is 6.10 Å². The molecule has 0 saturated heterocycles. The number of esters is 2. The summed E-state index contributed by atoms with van der Waals surface area (Å²) in [5, 5.41) is 0. The van der Waals surface area contributed by atoms with E-state index in [-0.39, 0.29) is 25.2 Å². The first-order chi connectivity index (χ1) is 32.6. The van der Waals surface area contributed by atoms with E-state index in [9.17, 15) is 9.59 Å². The van der Waals surface area contributed by atoms with Crippen LogP contribution in [0, 0.1) is 0 Å². The largest absolute Gasteiger partial charge is 0.462 e. The molecule has 5 heteroatoms. The Bertz CT molecular complexity index is 1130. The molecule has 0 aliphatic carbocycles. The van der Waals surface area contributed by atoms with Crippen molar-refractivity contribution in [3.05, 3.63) is 60.8 Å². The molecule has 0 N–H and O–H groups in total. The molecular weight excluding hydrogens is 813 g/mol. The monoisotopic (exact) mass is 923 g/mol. The van der Waals surface area contributed by atoms with Gasteiger partial charge in [0.25, 0.3) is 0 Å². The second-order valence-electron chi connectivity index (χ2n) is 19.2. The van der Waals surface area contributed by atoms with Crippen molar-refractivity contribution in [2.75, 3.05) is 19.8 Å². The second kappa shape index (κ2) is 56.9. The molecule has 5 nitrogen and oxygen atoms in total. The Labute approximate surface area is 411 Å². The summed E-state index contributed by atoms with van der Waals surface area (Å²) in [5.41, 5.74) is 0.